The molecule has 0 spiro atoms. The smallest absolute Gasteiger partial charge is 0.296 e. The number of nitrogens with zero attached hydrogens (tertiary/aromatic N) is 1. The second kappa shape index (κ2) is 5.33. The highest BCUT2D eigenvalue weighted by Crippen LogP contribution is 2.35. The molecule has 5 heteroatoms. The number of carbonyl (C=O) groups is 2. The van der Waals surface area contributed by atoms with Crippen LogP contribution >= 0.6 is 15.9 Å². The lowest BCUT2D eigenvalue weighted by Crippen LogP contribution is -2.24. The molecule has 1 aliphatic heterocycles. The Morgan fingerprint density at radius 1 is 1.37 bits per heavy atom. The number of ketones is 1. The molecule has 2 rings (SSSR count). The fraction of sp³-hybridized carbons (Fsp3) is 0.429. The molecule has 1 unspecified atom stereocenters. The van der Waals surface area contributed by atoms with Gasteiger partial charge in [0.05, 0.1) is 16.9 Å². The summed E-state index contributed by atoms with van der Waals surface area (Å²) in [5, 5.41) is 2.60. The van der Waals surface area contributed by atoms with Gasteiger partial charge in [-0.2, -0.15) is 0 Å². The first-order valence-corrected chi connectivity index (χ1v) is 7.13. The lowest BCUT2D eigenvalue weighted by molar-refractivity contribution is -0.112. The summed E-state index contributed by atoms with van der Waals surface area (Å²) >= 11 is 3.48. The van der Waals surface area contributed by atoms with Crippen LogP contribution in [0.3, 0.4) is 0 Å². The number of fused-ring (bicyclic) bond motifs is 1. The highest BCUT2D eigenvalue weighted by atomic mass is 79.9. The SMILES string of the molecule is CCC(C)CN(C)c1cc2c(cc1Br)C(=O)C(=O)N2. The normalized spacial score (nSPS) is 15.2. The van der Waals surface area contributed by atoms with Gasteiger partial charge in [-0.25, -0.2) is 0 Å². The number of amides is 1. The summed E-state index contributed by atoms with van der Waals surface area (Å²) in [6.45, 7) is 5.29. The maximum Gasteiger partial charge on any atom is 0.296 e. The topological polar surface area (TPSA) is 49.4 Å². The molecule has 0 saturated carbocycles. The Bertz CT molecular complexity index is 542. The Hall–Kier alpha value is -1.36. The molecule has 1 amide bonds. The summed E-state index contributed by atoms with van der Waals surface area (Å²) in [6.07, 6.45) is 1.11. The van der Waals surface area contributed by atoms with E-state index in [1.807, 2.05) is 13.1 Å². The first-order chi connectivity index (χ1) is 8.93. The molecule has 1 aromatic rings. The van der Waals surface area contributed by atoms with Crippen molar-refractivity contribution in [1.29, 1.82) is 0 Å². The monoisotopic (exact) mass is 324 g/mol. The predicted octanol–water partition coefficient (Wildman–Crippen LogP) is 3.07. The third-order valence-corrected chi connectivity index (χ3v) is 4.11. The van der Waals surface area contributed by atoms with Crippen LogP contribution in [0.2, 0.25) is 0 Å². The minimum absolute atomic E-state index is 0.442. The summed E-state index contributed by atoms with van der Waals surface area (Å²) in [5.74, 6) is -0.433. The van der Waals surface area contributed by atoms with E-state index in [0.717, 1.165) is 23.1 Å². The van der Waals surface area contributed by atoms with Crippen LogP contribution in [0.1, 0.15) is 30.6 Å². The zero-order valence-electron chi connectivity index (χ0n) is 11.3. The maximum atomic E-state index is 11.6. The van der Waals surface area contributed by atoms with Crippen molar-refractivity contribution in [2.45, 2.75) is 20.3 Å². The molecule has 1 atom stereocenters. The van der Waals surface area contributed by atoms with Gasteiger partial charge in [-0.1, -0.05) is 20.3 Å². The third-order valence-electron chi connectivity index (χ3n) is 3.48. The molecule has 0 fully saturated rings. The molecule has 1 aliphatic rings. The summed E-state index contributed by atoms with van der Waals surface area (Å²) in [7, 11) is 2.01. The number of benzene rings is 1. The Kier molecular flexibility index (Phi) is 3.94. The van der Waals surface area contributed by atoms with Gasteiger partial charge in [-0.3, -0.25) is 9.59 Å². The van der Waals surface area contributed by atoms with Crippen molar-refractivity contribution in [3.05, 3.63) is 22.2 Å². The van der Waals surface area contributed by atoms with E-state index in [9.17, 15) is 9.59 Å². The van der Waals surface area contributed by atoms with Crippen molar-refractivity contribution in [2.24, 2.45) is 5.92 Å². The van der Waals surface area contributed by atoms with Crippen LogP contribution in [0, 0.1) is 5.92 Å². The van der Waals surface area contributed by atoms with Gasteiger partial charge in [-0.05, 0) is 34.0 Å². The van der Waals surface area contributed by atoms with Crippen LogP contribution in [-0.2, 0) is 4.79 Å². The van der Waals surface area contributed by atoms with Gasteiger partial charge in [0.25, 0.3) is 11.7 Å². The van der Waals surface area contributed by atoms with Gasteiger partial charge in [-0.15, -0.1) is 0 Å². The average molecular weight is 325 g/mol. The number of carbonyl (C=O) groups excluding carboxylic acids is 2. The number of hydrogen-bond acceptors (Lipinski definition) is 3. The number of halogens is 1. The predicted molar refractivity (Wildman–Crippen MR) is 79.8 cm³/mol. The second-order valence-electron chi connectivity index (χ2n) is 5.03. The van der Waals surface area contributed by atoms with Gasteiger partial charge in [0.1, 0.15) is 0 Å². The Morgan fingerprint density at radius 2 is 2.05 bits per heavy atom. The molecular formula is C14H17BrN2O2. The van der Waals surface area contributed by atoms with Crippen molar-refractivity contribution >= 4 is 39.0 Å². The number of rotatable bonds is 4. The zero-order valence-corrected chi connectivity index (χ0v) is 12.9. The largest absolute Gasteiger partial charge is 0.373 e. The van der Waals surface area contributed by atoms with E-state index >= 15 is 0 Å². The van der Waals surface area contributed by atoms with Crippen LogP contribution in [-0.4, -0.2) is 25.3 Å². The van der Waals surface area contributed by atoms with E-state index in [0.29, 0.717) is 17.2 Å². The average Bonchev–Trinajstić information content (AvgIpc) is 2.64. The molecule has 4 nitrogen and oxygen atoms in total. The van der Waals surface area contributed by atoms with E-state index in [-0.39, 0.29) is 0 Å². The van der Waals surface area contributed by atoms with Gasteiger partial charge in [0.15, 0.2) is 0 Å². The molecule has 0 aliphatic carbocycles. The molecule has 1 aromatic carbocycles. The number of Topliss-reactive ketones (excluding diaryl/α,β-unsaturated/α-hetero) is 1. The summed E-state index contributed by atoms with van der Waals surface area (Å²) < 4.78 is 0.835. The van der Waals surface area contributed by atoms with Gasteiger partial charge in [0, 0.05) is 18.1 Å². The van der Waals surface area contributed by atoms with Crippen molar-refractivity contribution in [3.63, 3.8) is 0 Å². The Morgan fingerprint density at radius 3 is 2.68 bits per heavy atom. The maximum absolute atomic E-state index is 11.6. The molecule has 1 heterocycles. The van der Waals surface area contributed by atoms with Crippen LogP contribution in [0.25, 0.3) is 0 Å². The van der Waals surface area contributed by atoms with Crippen LogP contribution in [0.15, 0.2) is 16.6 Å². The van der Waals surface area contributed by atoms with Gasteiger partial charge < -0.3 is 10.2 Å². The lowest BCUT2D eigenvalue weighted by atomic mass is 10.1. The Labute approximate surface area is 121 Å². The quantitative estimate of drug-likeness (QED) is 0.866. The molecule has 0 saturated heterocycles. The standard InChI is InChI=1S/C14H17BrN2O2/c1-4-8(2)7-17(3)12-6-11-9(5-10(12)15)13(18)14(19)16-11/h5-6,8H,4,7H2,1-3H3,(H,16,18,19). The van der Waals surface area contributed by atoms with E-state index in [1.165, 1.54) is 0 Å². The van der Waals surface area contributed by atoms with Crippen molar-refractivity contribution in [3.8, 4) is 0 Å². The molecule has 0 aromatic heterocycles. The second-order valence-corrected chi connectivity index (χ2v) is 5.88. The molecular weight excluding hydrogens is 308 g/mol. The molecule has 102 valence electrons. The number of anilines is 2. The third kappa shape index (κ3) is 2.66. The summed E-state index contributed by atoms with van der Waals surface area (Å²) in [6, 6.07) is 3.57. The van der Waals surface area contributed by atoms with Crippen molar-refractivity contribution in [2.75, 3.05) is 23.8 Å². The minimum Gasteiger partial charge on any atom is -0.373 e. The fourth-order valence-electron chi connectivity index (χ4n) is 2.14. The molecule has 0 radical (unpaired) electrons. The van der Waals surface area contributed by atoms with Gasteiger partial charge >= 0.3 is 0 Å². The first kappa shape index (κ1) is 14.1. The molecule has 19 heavy (non-hydrogen) atoms. The van der Waals surface area contributed by atoms with Crippen molar-refractivity contribution in [1.82, 2.24) is 0 Å². The van der Waals surface area contributed by atoms with Gasteiger partial charge in [0.2, 0.25) is 0 Å². The minimum atomic E-state index is -0.552. The highest BCUT2D eigenvalue weighted by Gasteiger charge is 2.29. The lowest BCUT2D eigenvalue weighted by Gasteiger charge is -2.24. The molecule has 1 N–H and O–H groups in total. The summed E-state index contributed by atoms with van der Waals surface area (Å²) in [4.78, 5) is 25.1. The van der Waals surface area contributed by atoms with Crippen molar-refractivity contribution < 1.29 is 9.59 Å². The fourth-order valence-corrected chi connectivity index (χ4v) is 2.79. The van der Waals surface area contributed by atoms with Crippen LogP contribution in [0.4, 0.5) is 11.4 Å². The van der Waals surface area contributed by atoms with E-state index in [1.54, 1.807) is 6.07 Å². The first-order valence-electron chi connectivity index (χ1n) is 6.34. The summed E-state index contributed by atoms with van der Waals surface area (Å²) in [5.41, 5.74) is 2.02. The van der Waals surface area contributed by atoms with E-state index < -0.39 is 11.7 Å². The number of nitrogens with one attached hydrogen (secondary N) is 1. The Balaban J connectivity index is 2.32. The highest BCUT2D eigenvalue weighted by molar-refractivity contribution is 9.10. The zero-order chi connectivity index (χ0) is 14.2. The van der Waals surface area contributed by atoms with Crippen LogP contribution in [0.5, 0.6) is 0 Å². The van der Waals surface area contributed by atoms with Crippen LogP contribution < -0.4 is 10.2 Å². The number of hydrogen-bond donors (Lipinski definition) is 1. The van der Waals surface area contributed by atoms with E-state index in [4.69, 9.17) is 0 Å². The molecule has 0 bridgehead atoms. The van der Waals surface area contributed by atoms with E-state index in [2.05, 4.69) is 40.0 Å².